The van der Waals surface area contributed by atoms with Crippen molar-refractivity contribution in [2.75, 3.05) is 38.2 Å². The maximum absolute atomic E-state index is 13.2. The van der Waals surface area contributed by atoms with E-state index in [1.807, 2.05) is 29.2 Å². The van der Waals surface area contributed by atoms with Gasteiger partial charge in [0.25, 0.3) is 5.91 Å². The summed E-state index contributed by atoms with van der Waals surface area (Å²) in [4.78, 5) is 30.0. The third-order valence-corrected chi connectivity index (χ3v) is 5.70. The smallest absolute Gasteiger partial charge is 0.251 e. The van der Waals surface area contributed by atoms with E-state index in [-0.39, 0.29) is 17.7 Å². The van der Waals surface area contributed by atoms with Gasteiger partial charge in [-0.3, -0.25) is 9.59 Å². The zero-order valence-electron chi connectivity index (χ0n) is 18.3. The van der Waals surface area contributed by atoms with Gasteiger partial charge in [-0.1, -0.05) is 25.4 Å². The lowest BCUT2D eigenvalue weighted by Gasteiger charge is -2.38. The number of carbonyl (C=O) groups is 2. The quantitative estimate of drug-likeness (QED) is 0.706. The van der Waals surface area contributed by atoms with Crippen LogP contribution in [0.3, 0.4) is 0 Å². The second-order valence-electron chi connectivity index (χ2n) is 8.17. The largest absolute Gasteiger partial charge is 0.497 e. The van der Waals surface area contributed by atoms with Crippen LogP contribution in [0, 0.1) is 5.92 Å². The van der Waals surface area contributed by atoms with Gasteiger partial charge < -0.3 is 19.9 Å². The average molecular weight is 444 g/mol. The molecule has 31 heavy (non-hydrogen) atoms. The van der Waals surface area contributed by atoms with Crippen molar-refractivity contribution in [3.05, 3.63) is 59.1 Å². The van der Waals surface area contributed by atoms with Crippen molar-refractivity contribution in [1.29, 1.82) is 0 Å². The molecule has 1 saturated heterocycles. The number of anilines is 1. The van der Waals surface area contributed by atoms with Gasteiger partial charge in [-0.15, -0.1) is 0 Å². The number of amides is 2. The number of halogens is 1. The first-order valence-corrected chi connectivity index (χ1v) is 11.0. The van der Waals surface area contributed by atoms with Crippen LogP contribution < -0.4 is 15.0 Å². The Morgan fingerprint density at radius 2 is 1.61 bits per heavy atom. The Balaban J connectivity index is 1.62. The van der Waals surface area contributed by atoms with Crippen LogP contribution in [-0.2, 0) is 4.79 Å². The number of carbonyl (C=O) groups excluding carboxylic acids is 2. The minimum absolute atomic E-state index is 0.0228. The number of hydrogen-bond acceptors (Lipinski definition) is 4. The predicted octanol–water partition coefficient (Wildman–Crippen LogP) is 3.84. The monoisotopic (exact) mass is 443 g/mol. The number of hydrogen-bond donors (Lipinski definition) is 1. The van der Waals surface area contributed by atoms with Crippen molar-refractivity contribution in [3.8, 4) is 5.75 Å². The Morgan fingerprint density at radius 3 is 2.16 bits per heavy atom. The van der Waals surface area contributed by atoms with E-state index in [0.717, 1.165) is 24.5 Å². The second-order valence-corrected chi connectivity index (χ2v) is 8.61. The molecule has 0 radical (unpaired) electrons. The highest BCUT2D eigenvalue weighted by atomic mass is 35.5. The van der Waals surface area contributed by atoms with Crippen molar-refractivity contribution in [1.82, 2.24) is 10.2 Å². The summed E-state index contributed by atoms with van der Waals surface area (Å²) in [6.07, 6.45) is 0.594. The highest BCUT2D eigenvalue weighted by molar-refractivity contribution is 6.30. The third kappa shape index (κ3) is 6.14. The van der Waals surface area contributed by atoms with E-state index in [9.17, 15) is 9.59 Å². The van der Waals surface area contributed by atoms with Gasteiger partial charge in [-0.25, -0.2) is 0 Å². The number of benzene rings is 2. The molecule has 2 aromatic carbocycles. The summed E-state index contributed by atoms with van der Waals surface area (Å²) in [6, 6.07) is 14.1. The van der Waals surface area contributed by atoms with Gasteiger partial charge in [0.2, 0.25) is 5.91 Å². The van der Waals surface area contributed by atoms with Crippen molar-refractivity contribution in [2.45, 2.75) is 26.3 Å². The molecule has 1 atom stereocenters. The minimum atomic E-state index is -0.546. The summed E-state index contributed by atoms with van der Waals surface area (Å²) in [5.41, 5.74) is 1.61. The predicted molar refractivity (Wildman–Crippen MR) is 124 cm³/mol. The molecule has 2 amide bonds. The Kier molecular flexibility index (Phi) is 7.80. The van der Waals surface area contributed by atoms with Crippen molar-refractivity contribution < 1.29 is 14.3 Å². The third-order valence-electron chi connectivity index (χ3n) is 5.45. The molecule has 6 nitrogen and oxygen atoms in total. The molecule has 166 valence electrons. The maximum atomic E-state index is 13.2. The van der Waals surface area contributed by atoms with Crippen LogP contribution >= 0.6 is 11.6 Å². The van der Waals surface area contributed by atoms with Gasteiger partial charge in [0.1, 0.15) is 11.8 Å². The van der Waals surface area contributed by atoms with Crippen LogP contribution in [0.4, 0.5) is 5.69 Å². The fourth-order valence-electron chi connectivity index (χ4n) is 3.73. The second kappa shape index (κ2) is 10.5. The van der Waals surface area contributed by atoms with Gasteiger partial charge >= 0.3 is 0 Å². The average Bonchev–Trinajstić information content (AvgIpc) is 2.78. The van der Waals surface area contributed by atoms with E-state index in [2.05, 4.69) is 24.1 Å². The van der Waals surface area contributed by atoms with Gasteiger partial charge in [-0.2, -0.15) is 0 Å². The zero-order valence-corrected chi connectivity index (χ0v) is 19.1. The topological polar surface area (TPSA) is 61.9 Å². The highest BCUT2D eigenvalue weighted by Gasteiger charge is 2.29. The Hall–Kier alpha value is -2.73. The molecule has 0 unspecified atom stereocenters. The summed E-state index contributed by atoms with van der Waals surface area (Å²) in [5.74, 6) is 0.823. The fraction of sp³-hybridized carbons (Fsp3) is 0.417. The molecule has 7 heteroatoms. The lowest BCUT2D eigenvalue weighted by Crippen LogP contribution is -2.55. The molecule has 1 aliphatic rings. The van der Waals surface area contributed by atoms with Crippen molar-refractivity contribution in [3.63, 3.8) is 0 Å². The number of rotatable bonds is 7. The molecule has 3 rings (SSSR count). The van der Waals surface area contributed by atoms with Crippen LogP contribution in [0.15, 0.2) is 48.5 Å². The van der Waals surface area contributed by atoms with E-state index in [0.29, 0.717) is 30.1 Å². The summed E-state index contributed by atoms with van der Waals surface area (Å²) < 4.78 is 5.22. The molecule has 0 aromatic heterocycles. The van der Waals surface area contributed by atoms with Crippen LogP contribution in [0.5, 0.6) is 5.75 Å². The van der Waals surface area contributed by atoms with Crippen LogP contribution in [0.2, 0.25) is 5.02 Å². The maximum Gasteiger partial charge on any atom is 0.251 e. The van der Waals surface area contributed by atoms with Gasteiger partial charge in [0.15, 0.2) is 0 Å². The van der Waals surface area contributed by atoms with E-state index in [1.165, 1.54) is 0 Å². The summed E-state index contributed by atoms with van der Waals surface area (Å²) in [6.45, 7) is 6.84. The van der Waals surface area contributed by atoms with Crippen molar-refractivity contribution >= 4 is 29.1 Å². The Morgan fingerprint density at radius 1 is 1.00 bits per heavy atom. The van der Waals surface area contributed by atoms with E-state index in [4.69, 9.17) is 16.3 Å². The van der Waals surface area contributed by atoms with Gasteiger partial charge in [-0.05, 0) is 60.9 Å². The summed E-state index contributed by atoms with van der Waals surface area (Å²) in [5, 5.41) is 3.51. The molecule has 1 fully saturated rings. The number of piperazine rings is 1. The zero-order chi connectivity index (χ0) is 22.4. The lowest BCUT2D eigenvalue weighted by atomic mass is 10.0. The molecular formula is C24H30ClN3O3. The van der Waals surface area contributed by atoms with Crippen LogP contribution in [0.25, 0.3) is 0 Å². The van der Waals surface area contributed by atoms with Gasteiger partial charge in [0.05, 0.1) is 7.11 Å². The molecule has 1 N–H and O–H groups in total. The molecule has 1 heterocycles. The molecule has 0 bridgehead atoms. The van der Waals surface area contributed by atoms with Crippen molar-refractivity contribution in [2.24, 2.45) is 5.92 Å². The molecule has 0 spiro atoms. The first-order valence-electron chi connectivity index (χ1n) is 10.6. The molecule has 0 aliphatic carbocycles. The minimum Gasteiger partial charge on any atom is -0.497 e. The normalized spacial score (nSPS) is 15.0. The lowest BCUT2D eigenvalue weighted by molar-refractivity contribution is -0.134. The van der Waals surface area contributed by atoms with Gasteiger partial charge in [0, 0.05) is 42.5 Å². The molecule has 1 aliphatic heterocycles. The first-order chi connectivity index (χ1) is 14.9. The SMILES string of the molecule is COc1ccc(N2CCN(C(=O)[C@H](CC(C)C)NC(=O)c3ccc(Cl)cc3)CC2)cc1. The number of ether oxygens (including phenoxy) is 1. The number of methoxy groups -OCH3 is 1. The highest BCUT2D eigenvalue weighted by Crippen LogP contribution is 2.21. The fourth-order valence-corrected chi connectivity index (χ4v) is 3.86. The standard InChI is InChI=1S/C24H30ClN3O3/c1-17(2)16-22(26-23(29)18-4-6-19(25)7-5-18)24(30)28-14-12-27(13-15-28)20-8-10-21(31-3)11-9-20/h4-11,17,22H,12-16H2,1-3H3,(H,26,29)/t22-/m0/s1. The first kappa shape index (κ1) is 22.9. The Labute approximate surface area is 189 Å². The van der Waals surface area contributed by atoms with E-state index < -0.39 is 6.04 Å². The Bertz CT molecular complexity index is 876. The molecular weight excluding hydrogens is 414 g/mol. The van der Waals surface area contributed by atoms with Crippen LogP contribution in [0.1, 0.15) is 30.6 Å². The summed E-state index contributed by atoms with van der Waals surface area (Å²) in [7, 11) is 1.65. The van der Waals surface area contributed by atoms with Crippen LogP contribution in [-0.4, -0.2) is 56.0 Å². The number of nitrogens with one attached hydrogen (secondary N) is 1. The molecule has 0 saturated carbocycles. The van der Waals surface area contributed by atoms with E-state index in [1.54, 1.807) is 31.4 Å². The van der Waals surface area contributed by atoms with E-state index >= 15 is 0 Å². The summed E-state index contributed by atoms with van der Waals surface area (Å²) >= 11 is 5.91. The molecule has 2 aromatic rings. The number of nitrogens with zero attached hydrogens (tertiary/aromatic N) is 2.